The molecular formula is C27H21BF2N2O2. The third-order valence-electron chi connectivity index (χ3n) is 4.94. The smallest absolute Gasteiger partial charge is 0.503 e. The summed E-state index contributed by atoms with van der Waals surface area (Å²) >= 11 is 0. The largest absolute Gasteiger partial charge is 0.796 e. The van der Waals surface area contributed by atoms with Crippen molar-refractivity contribution < 1.29 is 18.1 Å². The van der Waals surface area contributed by atoms with Gasteiger partial charge in [0, 0.05) is 17.5 Å². The molecule has 0 spiro atoms. The van der Waals surface area contributed by atoms with Gasteiger partial charge in [-0.05, 0) is 47.5 Å². The van der Waals surface area contributed by atoms with Crippen molar-refractivity contribution in [2.75, 3.05) is 0 Å². The summed E-state index contributed by atoms with van der Waals surface area (Å²) in [5, 5.41) is 0. The second-order valence-electron chi connectivity index (χ2n) is 7.39. The average Bonchev–Trinajstić information content (AvgIpc) is 3.52. The zero-order chi connectivity index (χ0) is 23.8. The molecule has 0 saturated heterocycles. The molecule has 34 heavy (non-hydrogen) atoms. The van der Waals surface area contributed by atoms with Gasteiger partial charge < -0.3 is 14.6 Å². The fourth-order valence-electron chi connectivity index (χ4n) is 3.27. The first-order chi connectivity index (χ1) is 16.6. The number of aromatic nitrogens is 2. The molecule has 0 aliphatic carbocycles. The van der Waals surface area contributed by atoms with Crippen LogP contribution in [-0.4, -0.2) is 23.2 Å². The Morgan fingerprint density at radius 1 is 0.676 bits per heavy atom. The van der Waals surface area contributed by atoms with E-state index in [9.17, 15) is 13.4 Å². The van der Waals surface area contributed by atoms with Gasteiger partial charge in [-0.25, -0.2) is 8.63 Å². The molecule has 0 aliphatic rings. The summed E-state index contributed by atoms with van der Waals surface area (Å²) < 4.78 is 30.7. The van der Waals surface area contributed by atoms with Crippen molar-refractivity contribution in [1.82, 2.24) is 9.97 Å². The van der Waals surface area contributed by atoms with Crippen LogP contribution in [0.5, 0.6) is 0 Å². The Morgan fingerprint density at radius 2 is 1.18 bits per heavy atom. The summed E-state index contributed by atoms with van der Waals surface area (Å²) in [6, 6.07) is 26.0. The molecule has 7 heteroatoms. The molecule has 2 aromatic carbocycles. The summed E-state index contributed by atoms with van der Waals surface area (Å²) in [7, 11) is -3.07. The number of rotatable bonds is 9. The lowest BCUT2D eigenvalue weighted by atomic mass is 10.2. The first kappa shape index (κ1) is 22.8. The van der Waals surface area contributed by atoms with Crippen LogP contribution in [0.4, 0.5) is 8.63 Å². The van der Waals surface area contributed by atoms with Crippen LogP contribution in [0.1, 0.15) is 38.7 Å². The van der Waals surface area contributed by atoms with E-state index in [1.54, 1.807) is 24.3 Å². The van der Waals surface area contributed by atoms with Crippen LogP contribution in [0, 0.1) is 0 Å². The maximum absolute atomic E-state index is 13.0. The number of carbonyl (C=O) groups is 1. The van der Waals surface area contributed by atoms with Gasteiger partial charge in [-0.3, -0.25) is 4.79 Å². The molecule has 0 saturated carbocycles. The summed E-state index contributed by atoms with van der Waals surface area (Å²) in [5.74, 6) is -0.721. The van der Waals surface area contributed by atoms with E-state index in [1.807, 2.05) is 85.0 Å². The van der Waals surface area contributed by atoms with Gasteiger partial charge in [0.25, 0.3) is 0 Å². The number of halogens is 2. The van der Waals surface area contributed by atoms with Crippen LogP contribution in [0.15, 0.2) is 91.0 Å². The molecule has 4 rings (SSSR count). The van der Waals surface area contributed by atoms with Crippen molar-refractivity contribution in [3.05, 3.63) is 125 Å². The Hall–Kier alpha value is -4.39. The molecular weight excluding hydrogens is 433 g/mol. The van der Waals surface area contributed by atoms with Gasteiger partial charge in [0.05, 0.1) is 11.4 Å². The molecule has 168 valence electrons. The van der Waals surface area contributed by atoms with Gasteiger partial charge in [0.2, 0.25) is 5.78 Å². The number of aromatic amines is 2. The molecule has 4 nitrogen and oxygen atoms in total. The van der Waals surface area contributed by atoms with Crippen molar-refractivity contribution in [1.29, 1.82) is 0 Å². The van der Waals surface area contributed by atoms with Crippen LogP contribution >= 0.6 is 0 Å². The number of ketones is 1. The molecule has 0 radical (unpaired) electrons. The minimum absolute atomic E-state index is 0.240. The van der Waals surface area contributed by atoms with Crippen molar-refractivity contribution in [2.45, 2.75) is 0 Å². The summed E-state index contributed by atoms with van der Waals surface area (Å²) in [5.41, 5.74) is 3.95. The zero-order valence-corrected chi connectivity index (χ0v) is 18.1. The van der Waals surface area contributed by atoms with Crippen LogP contribution in [0.25, 0.3) is 30.1 Å². The lowest BCUT2D eigenvalue weighted by Crippen LogP contribution is -2.07. The van der Waals surface area contributed by atoms with Crippen LogP contribution in [-0.2, 0) is 4.65 Å². The Labute approximate surface area is 196 Å². The fraction of sp³-hybridized carbons (Fsp3) is 0. The second kappa shape index (κ2) is 11.0. The molecule has 4 aromatic rings. The molecule has 0 unspecified atom stereocenters. The number of carbonyl (C=O) groups excluding carboxylic acids is 1. The molecule has 0 fully saturated rings. The molecule has 2 N–H and O–H groups in total. The highest BCUT2D eigenvalue weighted by atomic mass is 19.2. The minimum Gasteiger partial charge on any atom is -0.503 e. The highest BCUT2D eigenvalue weighted by Crippen LogP contribution is 2.20. The third kappa shape index (κ3) is 6.32. The first-order valence-corrected chi connectivity index (χ1v) is 10.6. The minimum atomic E-state index is -3.07. The summed E-state index contributed by atoms with van der Waals surface area (Å²) in [6.07, 6.45) is 8.51. The summed E-state index contributed by atoms with van der Waals surface area (Å²) in [6.45, 7) is 0. The van der Waals surface area contributed by atoms with E-state index >= 15 is 0 Å². The van der Waals surface area contributed by atoms with Gasteiger partial charge in [-0.1, -0.05) is 72.8 Å². The van der Waals surface area contributed by atoms with Crippen LogP contribution in [0.2, 0.25) is 0 Å². The van der Waals surface area contributed by atoms with Crippen molar-refractivity contribution in [2.24, 2.45) is 0 Å². The third-order valence-corrected chi connectivity index (χ3v) is 4.94. The predicted octanol–water partition coefficient (Wildman–Crippen LogP) is 6.85. The van der Waals surface area contributed by atoms with E-state index < -0.39 is 13.3 Å². The second-order valence-corrected chi connectivity index (χ2v) is 7.39. The Morgan fingerprint density at radius 3 is 1.71 bits per heavy atom. The van der Waals surface area contributed by atoms with Gasteiger partial charge in [0.15, 0.2) is 0 Å². The number of allylic oxidation sites excluding steroid dienone is 1. The van der Waals surface area contributed by atoms with Crippen molar-refractivity contribution >= 4 is 43.3 Å². The van der Waals surface area contributed by atoms with Crippen LogP contribution < -0.4 is 0 Å². The number of hydrogen-bond acceptors (Lipinski definition) is 2. The maximum atomic E-state index is 13.0. The van der Waals surface area contributed by atoms with Crippen molar-refractivity contribution in [3.8, 4) is 0 Å². The van der Waals surface area contributed by atoms with Gasteiger partial charge >= 0.3 is 7.47 Å². The molecule has 2 heterocycles. The highest BCUT2D eigenvalue weighted by Gasteiger charge is 2.22. The average molecular weight is 454 g/mol. The van der Waals surface area contributed by atoms with E-state index in [-0.39, 0.29) is 17.1 Å². The molecule has 0 atom stereocenters. The SMILES string of the molecule is O=C(/C=C(\OB(F)F)c1ccc(/C=C/c2ccccc2)[nH]1)c1ccc(/C=C/c2ccccc2)[nH]1. The summed E-state index contributed by atoms with van der Waals surface area (Å²) in [4.78, 5) is 18.7. The lowest BCUT2D eigenvalue weighted by Gasteiger charge is -2.06. The van der Waals surface area contributed by atoms with Gasteiger partial charge in [-0.15, -0.1) is 0 Å². The van der Waals surface area contributed by atoms with Gasteiger partial charge in [-0.2, -0.15) is 0 Å². The molecule has 2 aromatic heterocycles. The van der Waals surface area contributed by atoms with E-state index in [0.717, 1.165) is 17.2 Å². The number of H-pyrrole nitrogens is 2. The van der Waals surface area contributed by atoms with Crippen LogP contribution in [0.3, 0.4) is 0 Å². The topological polar surface area (TPSA) is 57.9 Å². The number of nitrogens with one attached hydrogen (secondary N) is 2. The number of benzene rings is 2. The fourth-order valence-corrected chi connectivity index (χ4v) is 3.27. The van der Waals surface area contributed by atoms with E-state index in [4.69, 9.17) is 0 Å². The monoisotopic (exact) mass is 454 g/mol. The Balaban J connectivity index is 1.51. The van der Waals surface area contributed by atoms with E-state index in [2.05, 4.69) is 14.6 Å². The molecule has 0 amide bonds. The molecule has 0 bridgehead atoms. The predicted molar refractivity (Wildman–Crippen MR) is 134 cm³/mol. The highest BCUT2D eigenvalue weighted by molar-refractivity contribution is 6.36. The first-order valence-electron chi connectivity index (χ1n) is 10.6. The quantitative estimate of drug-likeness (QED) is 0.126. The Kier molecular flexibility index (Phi) is 7.35. The zero-order valence-electron chi connectivity index (χ0n) is 18.1. The lowest BCUT2D eigenvalue weighted by molar-refractivity contribution is 0.104. The Bertz CT molecular complexity index is 1320. The van der Waals surface area contributed by atoms with Gasteiger partial charge in [0.1, 0.15) is 5.76 Å². The number of hydrogen-bond donors (Lipinski definition) is 2. The maximum Gasteiger partial charge on any atom is 0.796 e. The van der Waals surface area contributed by atoms with E-state index in [0.29, 0.717) is 11.4 Å². The standard InChI is InChI=1S/C27H21BF2N2O2/c29-28(30)34-27(25-18-16-23(32-25)14-12-21-9-5-2-6-10-21)19-26(33)24-17-15-22(31-24)13-11-20-7-3-1-4-8-20/h1-19,31-32H/b13-11+,14-12+,27-19-. The van der Waals surface area contributed by atoms with E-state index in [1.165, 1.54) is 0 Å². The normalized spacial score (nSPS) is 11.9. The van der Waals surface area contributed by atoms with Crippen molar-refractivity contribution in [3.63, 3.8) is 0 Å². The molecule has 0 aliphatic heterocycles.